The Balaban J connectivity index is 1.55. The van der Waals surface area contributed by atoms with Gasteiger partial charge < -0.3 is 24.4 Å². The molecule has 1 aromatic carbocycles. The first-order chi connectivity index (χ1) is 15.0. The summed E-state index contributed by atoms with van der Waals surface area (Å²) in [6.07, 6.45) is -0.323. The average molecular weight is 431 g/mol. The normalized spacial score (nSPS) is 23.1. The van der Waals surface area contributed by atoms with Crippen LogP contribution in [-0.2, 0) is 11.3 Å². The first-order valence-electron chi connectivity index (χ1n) is 9.43. The van der Waals surface area contributed by atoms with Crippen molar-refractivity contribution in [2.45, 2.75) is 31.1 Å². The lowest BCUT2D eigenvalue weighted by atomic mass is 10.1. The Morgan fingerprint density at radius 2 is 1.94 bits per heavy atom. The van der Waals surface area contributed by atoms with Crippen molar-refractivity contribution in [1.82, 2.24) is 24.5 Å². The number of ether oxygens (including phenoxy) is 3. The van der Waals surface area contributed by atoms with E-state index in [1.54, 1.807) is 37.6 Å². The summed E-state index contributed by atoms with van der Waals surface area (Å²) in [6, 6.07) is 7.32. The molecule has 0 bridgehead atoms. The number of H-pyrrole nitrogens is 1. The lowest BCUT2D eigenvalue weighted by molar-refractivity contribution is -0.0479. The van der Waals surface area contributed by atoms with E-state index >= 15 is 0 Å². The van der Waals surface area contributed by atoms with Gasteiger partial charge in [0.25, 0.3) is 5.56 Å². The molecule has 0 saturated carbocycles. The maximum Gasteiger partial charge on any atom is 0.330 e. The third-order valence-electron chi connectivity index (χ3n) is 4.95. The van der Waals surface area contributed by atoms with Gasteiger partial charge in [-0.15, -0.1) is 5.10 Å². The highest BCUT2D eigenvalue weighted by Crippen LogP contribution is 2.37. The summed E-state index contributed by atoms with van der Waals surface area (Å²) in [5, 5.41) is 28.3. The second kappa shape index (κ2) is 8.71. The molecule has 0 amide bonds. The van der Waals surface area contributed by atoms with Crippen molar-refractivity contribution in [1.29, 1.82) is 0 Å². The quantitative estimate of drug-likeness (QED) is 0.436. The lowest BCUT2D eigenvalue weighted by Gasteiger charge is -2.21. The van der Waals surface area contributed by atoms with Gasteiger partial charge in [-0.1, -0.05) is 5.21 Å². The van der Waals surface area contributed by atoms with Crippen molar-refractivity contribution in [2.75, 3.05) is 13.7 Å². The van der Waals surface area contributed by atoms with Crippen molar-refractivity contribution in [3.63, 3.8) is 0 Å². The number of aliphatic hydroxyl groups is 2. The minimum absolute atomic E-state index is 0.114. The Hall–Kier alpha value is -3.48. The molecule has 3 heterocycles. The molecular formula is C19H21N5O7. The van der Waals surface area contributed by atoms with Crippen molar-refractivity contribution < 1.29 is 24.4 Å². The summed E-state index contributed by atoms with van der Waals surface area (Å²) in [4.78, 5) is 25.7. The van der Waals surface area contributed by atoms with Crippen LogP contribution in [0.4, 0.5) is 0 Å². The number of nitrogens with one attached hydrogen (secondary N) is 1. The van der Waals surface area contributed by atoms with Crippen LogP contribution in [0.25, 0.3) is 0 Å². The van der Waals surface area contributed by atoms with Crippen LogP contribution in [-0.4, -0.2) is 60.7 Å². The van der Waals surface area contributed by atoms with E-state index in [-0.39, 0.29) is 6.61 Å². The third kappa shape index (κ3) is 4.21. The van der Waals surface area contributed by atoms with Crippen LogP contribution >= 0.6 is 0 Å². The molecule has 1 aliphatic heterocycles. The average Bonchev–Trinajstić information content (AvgIpc) is 3.36. The van der Waals surface area contributed by atoms with Crippen LogP contribution in [0.15, 0.2) is 52.3 Å². The summed E-state index contributed by atoms with van der Waals surface area (Å²) in [5.74, 6) is 1.31. The summed E-state index contributed by atoms with van der Waals surface area (Å²) in [7, 11) is 1.57. The molecule has 1 aliphatic rings. The van der Waals surface area contributed by atoms with Crippen LogP contribution in [0, 0.1) is 0 Å². The monoisotopic (exact) mass is 431 g/mol. The Bertz CT molecular complexity index is 1140. The number of hydrogen-bond donors (Lipinski definition) is 3. The predicted molar refractivity (Wildman–Crippen MR) is 105 cm³/mol. The van der Waals surface area contributed by atoms with E-state index in [1.807, 2.05) is 0 Å². The Kier molecular flexibility index (Phi) is 5.84. The zero-order chi connectivity index (χ0) is 22.0. The van der Waals surface area contributed by atoms with Gasteiger partial charge in [0.15, 0.2) is 6.23 Å². The number of hydrogen-bond acceptors (Lipinski definition) is 9. The van der Waals surface area contributed by atoms with E-state index in [2.05, 4.69) is 15.3 Å². The molecule has 3 N–H and O–H groups in total. The minimum Gasteiger partial charge on any atom is -0.497 e. The minimum atomic E-state index is -1.18. The lowest BCUT2D eigenvalue weighted by Crippen LogP contribution is -2.36. The highest BCUT2D eigenvalue weighted by Gasteiger charge is 2.46. The van der Waals surface area contributed by atoms with Crippen LogP contribution in [0.5, 0.6) is 11.5 Å². The van der Waals surface area contributed by atoms with E-state index in [0.29, 0.717) is 17.2 Å². The highest BCUT2D eigenvalue weighted by molar-refractivity contribution is 5.31. The molecule has 3 aromatic rings. The van der Waals surface area contributed by atoms with Gasteiger partial charge in [-0.2, -0.15) is 0 Å². The Morgan fingerprint density at radius 1 is 1.19 bits per heavy atom. The van der Waals surface area contributed by atoms with Crippen molar-refractivity contribution in [2.24, 2.45) is 0 Å². The second-order valence-corrected chi connectivity index (χ2v) is 6.90. The largest absolute Gasteiger partial charge is 0.497 e. The van der Waals surface area contributed by atoms with Gasteiger partial charge in [0.1, 0.15) is 42.0 Å². The first kappa shape index (κ1) is 20.8. The molecule has 164 valence electrons. The third-order valence-corrected chi connectivity index (χ3v) is 4.95. The maximum atomic E-state index is 12.2. The predicted octanol–water partition coefficient (Wildman–Crippen LogP) is -0.792. The Morgan fingerprint density at radius 3 is 2.61 bits per heavy atom. The van der Waals surface area contributed by atoms with E-state index < -0.39 is 42.3 Å². The number of aliphatic hydroxyl groups excluding tert-OH is 2. The van der Waals surface area contributed by atoms with Crippen LogP contribution in [0.1, 0.15) is 18.0 Å². The zero-order valence-corrected chi connectivity index (χ0v) is 16.5. The number of rotatable bonds is 7. The zero-order valence-electron chi connectivity index (χ0n) is 16.5. The van der Waals surface area contributed by atoms with E-state index in [0.717, 1.165) is 10.6 Å². The molecule has 4 rings (SSSR count). The number of methoxy groups -OCH3 is 1. The molecule has 1 fully saturated rings. The molecular weight excluding hydrogens is 410 g/mol. The molecule has 0 spiro atoms. The SMILES string of the molecule is COc1ccc(OCc2cn([C@@H]3[C@H](O)[C@@H](CO)O[C@H]3n3ccc(=O)[nH]c3=O)nn2)cc1. The Labute approximate surface area is 175 Å². The fraction of sp³-hybridized carbons (Fsp3) is 0.368. The standard InChI is InChI=1S/C19H21N5O7/c1-29-12-2-4-13(5-3-12)30-10-11-8-24(22-21-11)16-17(27)14(9-25)31-18(16)23-7-6-15(26)20-19(23)28/h2-8,14,16-18,25,27H,9-10H2,1H3,(H,20,26,28)/t14-,16-,17-,18-/m1/s1. The molecule has 12 heteroatoms. The molecule has 0 unspecified atom stereocenters. The van der Waals surface area contributed by atoms with Crippen LogP contribution in [0.3, 0.4) is 0 Å². The highest BCUT2D eigenvalue weighted by atomic mass is 16.5. The van der Waals surface area contributed by atoms with Crippen molar-refractivity contribution >= 4 is 0 Å². The fourth-order valence-corrected chi connectivity index (χ4v) is 3.38. The molecule has 4 atom stereocenters. The van der Waals surface area contributed by atoms with Crippen molar-refractivity contribution in [3.8, 4) is 11.5 Å². The number of benzene rings is 1. The molecule has 12 nitrogen and oxygen atoms in total. The van der Waals surface area contributed by atoms with E-state index in [1.165, 1.54) is 10.9 Å². The van der Waals surface area contributed by atoms with Gasteiger partial charge in [0.05, 0.1) is 19.9 Å². The first-order valence-corrected chi connectivity index (χ1v) is 9.43. The molecule has 0 aliphatic carbocycles. The smallest absolute Gasteiger partial charge is 0.330 e. The molecule has 31 heavy (non-hydrogen) atoms. The number of aromatic nitrogens is 5. The molecule has 1 saturated heterocycles. The number of aromatic amines is 1. The summed E-state index contributed by atoms with van der Waals surface area (Å²) >= 11 is 0. The van der Waals surface area contributed by atoms with Crippen LogP contribution in [0.2, 0.25) is 0 Å². The molecule has 2 aromatic heterocycles. The van der Waals surface area contributed by atoms with Gasteiger partial charge in [-0.05, 0) is 24.3 Å². The summed E-state index contributed by atoms with van der Waals surface area (Å²) < 4.78 is 18.9. The summed E-state index contributed by atoms with van der Waals surface area (Å²) in [6.45, 7) is -0.350. The summed E-state index contributed by atoms with van der Waals surface area (Å²) in [5.41, 5.74) is -0.798. The topological polar surface area (TPSA) is 154 Å². The molecule has 0 radical (unpaired) electrons. The van der Waals surface area contributed by atoms with Gasteiger partial charge in [-0.25, -0.2) is 9.48 Å². The fourth-order valence-electron chi connectivity index (χ4n) is 3.38. The number of nitrogens with zero attached hydrogens (tertiary/aromatic N) is 4. The van der Waals surface area contributed by atoms with E-state index in [9.17, 15) is 19.8 Å². The maximum absolute atomic E-state index is 12.2. The van der Waals surface area contributed by atoms with Gasteiger partial charge >= 0.3 is 5.69 Å². The van der Waals surface area contributed by atoms with Gasteiger partial charge in [-0.3, -0.25) is 14.3 Å². The van der Waals surface area contributed by atoms with Gasteiger partial charge in [0.2, 0.25) is 0 Å². The van der Waals surface area contributed by atoms with E-state index in [4.69, 9.17) is 14.2 Å². The van der Waals surface area contributed by atoms with Gasteiger partial charge in [0, 0.05) is 12.3 Å². The van der Waals surface area contributed by atoms with Crippen LogP contribution < -0.4 is 20.7 Å². The second-order valence-electron chi connectivity index (χ2n) is 6.90. The van der Waals surface area contributed by atoms with Crippen molar-refractivity contribution in [3.05, 3.63) is 69.3 Å².